The average molecular weight is 395 g/mol. The Bertz CT molecular complexity index is 817. The van der Waals surface area contributed by atoms with Gasteiger partial charge in [-0.25, -0.2) is 4.98 Å². The first kappa shape index (κ1) is 18.0. The molecule has 0 N–H and O–H groups in total. The summed E-state index contributed by atoms with van der Waals surface area (Å²) in [6.07, 6.45) is 8.29. The highest BCUT2D eigenvalue weighted by atomic mass is 35.5. The first-order valence-corrected chi connectivity index (χ1v) is 10.7. The fourth-order valence-electron chi connectivity index (χ4n) is 4.13. The van der Waals surface area contributed by atoms with E-state index in [-0.39, 0.29) is 23.3 Å². The predicted octanol–water partition coefficient (Wildman–Crippen LogP) is 5.04. The zero-order chi connectivity index (χ0) is 18.1. The first-order valence-electron chi connectivity index (χ1n) is 9.46. The van der Waals surface area contributed by atoms with Crippen LogP contribution in [-0.4, -0.2) is 28.6 Å². The van der Waals surface area contributed by atoms with Crippen LogP contribution in [0.1, 0.15) is 68.2 Å². The molecule has 2 heterocycles. The fraction of sp³-hybridized carbons (Fsp3) is 0.632. The maximum absolute atomic E-state index is 12.0. The third kappa shape index (κ3) is 3.54. The second-order valence-electron chi connectivity index (χ2n) is 7.04. The maximum Gasteiger partial charge on any atom is 0.306 e. The van der Waals surface area contributed by atoms with Crippen LogP contribution >= 0.6 is 22.9 Å². The van der Waals surface area contributed by atoms with E-state index in [1.54, 1.807) is 11.3 Å². The Morgan fingerprint density at radius 2 is 2.04 bits per heavy atom. The van der Waals surface area contributed by atoms with Gasteiger partial charge in [0.1, 0.15) is 10.9 Å². The van der Waals surface area contributed by atoms with Gasteiger partial charge in [0.05, 0.1) is 18.4 Å². The smallest absolute Gasteiger partial charge is 0.306 e. The monoisotopic (exact) mass is 394 g/mol. The Balaban J connectivity index is 1.69. The van der Waals surface area contributed by atoms with Crippen molar-refractivity contribution in [2.24, 2.45) is 0 Å². The van der Waals surface area contributed by atoms with E-state index in [2.05, 4.69) is 9.97 Å². The standard InChI is InChI=1S/C19H23ClN2O3S/c1-2-24-14(23)10-11-8-9-13-15(11)16-17(21-19(20)22-18(16)26-13)25-12-6-4-3-5-7-12/h11-12H,2-10H2,1H3/t11-/m0/s1. The number of hydrogen-bond donors (Lipinski definition) is 0. The van der Waals surface area contributed by atoms with Gasteiger partial charge in [-0.05, 0) is 68.5 Å². The van der Waals surface area contributed by atoms with Crippen molar-refractivity contribution in [2.45, 2.75) is 70.3 Å². The van der Waals surface area contributed by atoms with Gasteiger partial charge in [-0.3, -0.25) is 4.79 Å². The van der Waals surface area contributed by atoms with Gasteiger partial charge in [-0.15, -0.1) is 11.3 Å². The lowest BCUT2D eigenvalue weighted by Gasteiger charge is -2.23. The molecule has 0 amide bonds. The molecule has 2 aliphatic carbocycles. The third-order valence-electron chi connectivity index (χ3n) is 5.28. The molecule has 26 heavy (non-hydrogen) atoms. The van der Waals surface area contributed by atoms with Gasteiger partial charge in [-0.2, -0.15) is 4.98 Å². The number of aryl methyl sites for hydroxylation is 1. The number of aromatic nitrogens is 2. The van der Waals surface area contributed by atoms with Gasteiger partial charge < -0.3 is 9.47 Å². The summed E-state index contributed by atoms with van der Waals surface area (Å²) in [7, 11) is 0. The average Bonchev–Trinajstić information content (AvgIpc) is 3.15. The summed E-state index contributed by atoms with van der Waals surface area (Å²) in [5.74, 6) is 0.603. The van der Waals surface area contributed by atoms with Crippen molar-refractivity contribution in [1.29, 1.82) is 0 Å². The number of halogens is 1. The summed E-state index contributed by atoms with van der Waals surface area (Å²) >= 11 is 7.81. The van der Waals surface area contributed by atoms with Gasteiger partial charge in [0.25, 0.3) is 0 Å². The van der Waals surface area contributed by atoms with Crippen LogP contribution in [0.4, 0.5) is 0 Å². The molecule has 0 radical (unpaired) electrons. The van der Waals surface area contributed by atoms with E-state index in [4.69, 9.17) is 21.1 Å². The lowest BCUT2D eigenvalue weighted by Crippen LogP contribution is -2.20. The Morgan fingerprint density at radius 1 is 1.23 bits per heavy atom. The van der Waals surface area contributed by atoms with E-state index in [0.29, 0.717) is 18.9 Å². The highest BCUT2D eigenvalue weighted by Gasteiger charge is 2.32. The molecule has 0 aliphatic heterocycles. The highest BCUT2D eigenvalue weighted by molar-refractivity contribution is 7.19. The minimum Gasteiger partial charge on any atom is -0.474 e. The summed E-state index contributed by atoms with van der Waals surface area (Å²) in [6.45, 7) is 2.25. The molecule has 1 saturated carbocycles. The van der Waals surface area contributed by atoms with Gasteiger partial charge in [0.15, 0.2) is 0 Å². The van der Waals surface area contributed by atoms with Crippen molar-refractivity contribution >= 4 is 39.1 Å². The summed E-state index contributed by atoms with van der Waals surface area (Å²) < 4.78 is 11.4. The van der Waals surface area contributed by atoms with Crippen molar-refractivity contribution < 1.29 is 14.3 Å². The molecule has 0 saturated heterocycles. The Kier molecular flexibility index (Phi) is 5.32. The number of fused-ring (bicyclic) bond motifs is 3. The topological polar surface area (TPSA) is 61.3 Å². The summed E-state index contributed by atoms with van der Waals surface area (Å²) in [4.78, 5) is 23.0. The first-order chi connectivity index (χ1) is 12.7. The second kappa shape index (κ2) is 7.69. The van der Waals surface area contributed by atoms with Crippen LogP contribution in [0, 0.1) is 0 Å². The lowest BCUT2D eigenvalue weighted by molar-refractivity contribution is -0.143. The Hall–Kier alpha value is -1.40. The molecule has 4 rings (SSSR count). The molecule has 0 unspecified atom stereocenters. The molecule has 1 fully saturated rings. The van der Waals surface area contributed by atoms with Crippen molar-refractivity contribution in [1.82, 2.24) is 9.97 Å². The van der Waals surface area contributed by atoms with Crippen molar-refractivity contribution in [3.05, 3.63) is 15.7 Å². The normalized spacial score (nSPS) is 20.3. The van der Waals surface area contributed by atoms with Gasteiger partial charge in [0, 0.05) is 4.88 Å². The number of esters is 1. The van der Waals surface area contributed by atoms with Crippen LogP contribution < -0.4 is 4.74 Å². The van der Waals surface area contributed by atoms with Gasteiger partial charge in [0.2, 0.25) is 11.2 Å². The van der Waals surface area contributed by atoms with Gasteiger partial charge in [-0.1, -0.05) is 6.42 Å². The van der Waals surface area contributed by atoms with Crippen molar-refractivity contribution in [3.8, 4) is 5.88 Å². The third-order valence-corrected chi connectivity index (χ3v) is 6.61. The van der Waals surface area contributed by atoms with E-state index in [1.165, 1.54) is 29.7 Å². The maximum atomic E-state index is 12.0. The minimum atomic E-state index is -0.144. The predicted molar refractivity (Wildman–Crippen MR) is 102 cm³/mol. The molecular formula is C19H23ClN2O3S. The number of hydrogen-bond acceptors (Lipinski definition) is 6. The van der Waals surface area contributed by atoms with E-state index in [1.807, 2.05) is 6.92 Å². The molecule has 2 aromatic rings. The van der Waals surface area contributed by atoms with Gasteiger partial charge >= 0.3 is 5.97 Å². The molecule has 1 atom stereocenters. The van der Waals surface area contributed by atoms with Crippen LogP contribution in [0.5, 0.6) is 5.88 Å². The SMILES string of the molecule is CCOC(=O)C[C@@H]1CCc2sc3nc(Cl)nc(OC4CCCCC4)c3c21. The number of ether oxygens (including phenoxy) is 2. The van der Waals surface area contributed by atoms with Crippen LogP contribution in [0.25, 0.3) is 10.2 Å². The zero-order valence-electron chi connectivity index (χ0n) is 14.9. The largest absolute Gasteiger partial charge is 0.474 e. The number of nitrogens with zero attached hydrogens (tertiary/aromatic N) is 2. The summed E-state index contributed by atoms with van der Waals surface area (Å²) in [6, 6.07) is 0. The quantitative estimate of drug-likeness (QED) is 0.525. The van der Waals surface area contributed by atoms with E-state index in [0.717, 1.165) is 35.9 Å². The lowest BCUT2D eigenvalue weighted by atomic mass is 9.97. The van der Waals surface area contributed by atoms with Crippen molar-refractivity contribution in [2.75, 3.05) is 6.61 Å². The summed E-state index contributed by atoms with van der Waals surface area (Å²) in [5, 5.41) is 1.19. The van der Waals surface area contributed by atoms with E-state index >= 15 is 0 Å². The number of carbonyl (C=O) groups is 1. The number of thiophene rings is 1. The molecular weight excluding hydrogens is 372 g/mol. The molecule has 140 valence electrons. The van der Waals surface area contributed by atoms with Crippen LogP contribution in [0.3, 0.4) is 0 Å². The Labute approximate surface area is 162 Å². The van der Waals surface area contributed by atoms with Crippen LogP contribution in [-0.2, 0) is 16.0 Å². The molecule has 0 spiro atoms. The fourth-order valence-corrected chi connectivity index (χ4v) is 5.60. The van der Waals surface area contributed by atoms with E-state index < -0.39 is 0 Å². The molecule has 5 nitrogen and oxygen atoms in total. The molecule has 7 heteroatoms. The molecule has 0 aromatic carbocycles. The number of rotatable bonds is 5. The summed E-state index contributed by atoms with van der Waals surface area (Å²) in [5.41, 5.74) is 1.18. The zero-order valence-corrected chi connectivity index (χ0v) is 16.5. The minimum absolute atomic E-state index is 0.144. The van der Waals surface area contributed by atoms with Crippen LogP contribution in [0.15, 0.2) is 0 Å². The molecule has 0 bridgehead atoms. The van der Waals surface area contributed by atoms with Crippen molar-refractivity contribution in [3.63, 3.8) is 0 Å². The second-order valence-corrected chi connectivity index (χ2v) is 8.46. The van der Waals surface area contributed by atoms with E-state index in [9.17, 15) is 4.79 Å². The number of carbonyl (C=O) groups excluding carboxylic acids is 1. The highest BCUT2D eigenvalue weighted by Crippen LogP contribution is 2.48. The Morgan fingerprint density at radius 3 is 2.81 bits per heavy atom. The molecule has 2 aliphatic rings. The molecule has 2 aromatic heterocycles. The van der Waals surface area contributed by atoms with Crippen LogP contribution in [0.2, 0.25) is 5.28 Å².